The molecule has 0 fully saturated rings. The summed E-state index contributed by atoms with van der Waals surface area (Å²) < 4.78 is 62.4. The van der Waals surface area contributed by atoms with Crippen molar-refractivity contribution in [3.05, 3.63) is 47.3 Å². The molecule has 0 aliphatic rings. The summed E-state index contributed by atoms with van der Waals surface area (Å²) >= 11 is 0. The van der Waals surface area contributed by atoms with Crippen LogP contribution in [0.3, 0.4) is 0 Å². The van der Waals surface area contributed by atoms with Gasteiger partial charge in [0.1, 0.15) is 0 Å². The summed E-state index contributed by atoms with van der Waals surface area (Å²) in [4.78, 5) is 0.201. The van der Waals surface area contributed by atoms with Gasteiger partial charge in [-0.25, -0.2) is 8.42 Å². The van der Waals surface area contributed by atoms with Crippen LogP contribution in [0.25, 0.3) is 0 Å². The fourth-order valence-electron chi connectivity index (χ4n) is 2.09. The van der Waals surface area contributed by atoms with Crippen molar-refractivity contribution in [2.24, 2.45) is 7.05 Å². The highest BCUT2D eigenvalue weighted by molar-refractivity contribution is 7.90. The van der Waals surface area contributed by atoms with Crippen LogP contribution in [0.2, 0.25) is 0 Å². The molecule has 0 radical (unpaired) electrons. The van der Waals surface area contributed by atoms with Crippen LogP contribution in [0, 0.1) is 0 Å². The van der Waals surface area contributed by atoms with Gasteiger partial charge in [0.05, 0.1) is 22.3 Å². The SMILES string of the molecule is Cn1ncc(C(F)(F)F)c1CNCc1ccc(S(C)(=O)=O)cc1. The number of nitrogens with zero attached hydrogens (tertiary/aromatic N) is 2. The molecule has 9 heteroatoms. The van der Waals surface area contributed by atoms with Gasteiger partial charge in [-0.05, 0) is 17.7 Å². The van der Waals surface area contributed by atoms with Gasteiger partial charge in [-0.3, -0.25) is 4.68 Å². The molecule has 1 heterocycles. The molecule has 1 aromatic carbocycles. The second-order valence-corrected chi connectivity index (χ2v) is 7.16. The first kappa shape index (κ1) is 17.5. The van der Waals surface area contributed by atoms with E-state index in [2.05, 4.69) is 10.4 Å². The van der Waals surface area contributed by atoms with E-state index in [1.807, 2.05) is 0 Å². The number of aryl methyl sites for hydroxylation is 1. The summed E-state index contributed by atoms with van der Waals surface area (Å²) in [5.74, 6) is 0. The minimum absolute atomic E-state index is 0.000822. The molecule has 1 N–H and O–H groups in total. The Balaban J connectivity index is 2.02. The third-order valence-corrected chi connectivity index (χ3v) is 4.47. The number of benzene rings is 1. The van der Waals surface area contributed by atoms with E-state index in [4.69, 9.17) is 0 Å². The van der Waals surface area contributed by atoms with E-state index in [0.29, 0.717) is 6.54 Å². The van der Waals surface area contributed by atoms with Gasteiger partial charge in [0, 0.05) is 26.4 Å². The van der Waals surface area contributed by atoms with Gasteiger partial charge in [-0.2, -0.15) is 18.3 Å². The van der Waals surface area contributed by atoms with Crippen molar-refractivity contribution in [2.75, 3.05) is 6.26 Å². The van der Waals surface area contributed by atoms with Crippen LogP contribution in [-0.2, 0) is 36.2 Å². The molecule has 5 nitrogen and oxygen atoms in total. The highest BCUT2D eigenvalue weighted by Gasteiger charge is 2.35. The van der Waals surface area contributed by atoms with Crippen molar-refractivity contribution in [2.45, 2.75) is 24.2 Å². The second kappa shape index (κ2) is 6.32. The lowest BCUT2D eigenvalue weighted by Gasteiger charge is -2.10. The molecule has 0 bridgehead atoms. The van der Waals surface area contributed by atoms with Crippen LogP contribution < -0.4 is 5.32 Å². The quantitative estimate of drug-likeness (QED) is 0.900. The number of nitrogens with one attached hydrogen (secondary N) is 1. The molecule has 0 amide bonds. The highest BCUT2D eigenvalue weighted by Crippen LogP contribution is 2.31. The molecular weight excluding hydrogens is 331 g/mol. The minimum atomic E-state index is -4.44. The number of alkyl halides is 3. The van der Waals surface area contributed by atoms with Crippen LogP contribution in [0.15, 0.2) is 35.4 Å². The topological polar surface area (TPSA) is 64.0 Å². The van der Waals surface area contributed by atoms with E-state index in [-0.39, 0.29) is 17.1 Å². The Hall–Kier alpha value is -1.87. The lowest BCUT2D eigenvalue weighted by atomic mass is 10.2. The van der Waals surface area contributed by atoms with Crippen molar-refractivity contribution < 1.29 is 21.6 Å². The number of sulfone groups is 1. The predicted octanol–water partition coefficient (Wildman–Crippen LogP) is 2.13. The predicted molar refractivity (Wildman–Crippen MR) is 78.3 cm³/mol. The Morgan fingerprint density at radius 1 is 1.17 bits per heavy atom. The Kier molecular flexibility index (Phi) is 4.81. The summed E-state index contributed by atoms with van der Waals surface area (Å²) in [6.45, 7) is 0.311. The van der Waals surface area contributed by atoms with Crippen LogP contribution in [0.5, 0.6) is 0 Å². The van der Waals surface area contributed by atoms with E-state index < -0.39 is 21.6 Å². The highest BCUT2D eigenvalue weighted by atomic mass is 32.2. The van der Waals surface area contributed by atoms with Crippen molar-refractivity contribution in [3.63, 3.8) is 0 Å². The average molecular weight is 347 g/mol. The van der Waals surface area contributed by atoms with Crippen molar-refractivity contribution in [3.8, 4) is 0 Å². The average Bonchev–Trinajstić information content (AvgIpc) is 2.80. The van der Waals surface area contributed by atoms with Gasteiger partial charge in [0.15, 0.2) is 9.84 Å². The summed E-state index contributed by atoms with van der Waals surface area (Å²) in [7, 11) is -1.81. The third-order valence-electron chi connectivity index (χ3n) is 3.34. The van der Waals surface area contributed by atoms with Gasteiger partial charge >= 0.3 is 6.18 Å². The Morgan fingerprint density at radius 2 is 1.78 bits per heavy atom. The fourth-order valence-corrected chi connectivity index (χ4v) is 2.72. The molecule has 0 atom stereocenters. The molecule has 0 aliphatic heterocycles. The molecule has 23 heavy (non-hydrogen) atoms. The van der Waals surface area contributed by atoms with Gasteiger partial charge in [0.2, 0.25) is 0 Å². The van der Waals surface area contributed by atoms with Crippen LogP contribution in [-0.4, -0.2) is 24.5 Å². The van der Waals surface area contributed by atoms with Crippen molar-refractivity contribution in [1.82, 2.24) is 15.1 Å². The summed E-state index contributed by atoms with van der Waals surface area (Å²) in [5.41, 5.74) is 0.0540. The van der Waals surface area contributed by atoms with Gasteiger partial charge < -0.3 is 5.32 Å². The van der Waals surface area contributed by atoms with Gasteiger partial charge in [-0.1, -0.05) is 12.1 Å². The first-order chi connectivity index (χ1) is 10.6. The maximum Gasteiger partial charge on any atom is 0.419 e. The molecular formula is C14H16F3N3O2S. The summed E-state index contributed by atoms with van der Waals surface area (Å²) in [6, 6.07) is 6.18. The lowest BCUT2D eigenvalue weighted by Crippen LogP contribution is -2.19. The van der Waals surface area contributed by atoms with E-state index in [0.717, 1.165) is 18.0 Å². The molecule has 0 saturated heterocycles. The molecule has 0 unspecified atom stereocenters. The van der Waals surface area contributed by atoms with Crippen molar-refractivity contribution >= 4 is 9.84 Å². The van der Waals surface area contributed by atoms with E-state index in [9.17, 15) is 21.6 Å². The molecule has 2 aromatic rings. The fraction of sp³-hybridized carbons (Fsp3) is 0.357. The summed E-state index contributed by atoms with van der Waals surface area (Å²) in [6.07, 6.45) is -2.53. The number of hydrogen-bond donors (Lipinski definition) is 1. The molecule has 126 valence electrons. The van der Waals surface area contributed by atoms with Crippen LogP contribution in [0.4, 0.5) is 13.2 Å². The van der Waals surface area contributed by atoms with E-state index in [1.165, 1.54) is 23.9 Å². The van der Waals surface area contributed by atoms with E-state index >= 15 is 0 Å². The second-order valence-electron chi connectivity index (χ2n) is 5.15. The number of rotatable bonds is 5. The van der Waals surface area contributed by atoms with Gasteiger partial charge in [-0.15, -0.1) is 0 Å². The Bertz CT molecular complexity index is 781. The molecule has 0 aliphatic carbocycles. The Labute approximate surface area is 132 Å². The number of halogens is 3. The first-order valence-electron chi connectivity index (χ1n) is 6.67. The zero-order valence-corrected chi connectivity index (χ0v) is 13.4. The smallest absolute Gasteiger partial charge is 0.307 e. The maximum atomic E-state index is 12.8. The zero-order chi connectivity index (χ0) is 17.3. The molecule has 0 saturated carbocycles. The van der Waals surface area contributed by atoms with Gasteiger partial charge in [0.25, 0.3) is 0 Å². The number of hydrogen-bond acceptors (Lipinski definition) is 4. The molecule has 2 rings (SSSR count). The minimum Gasteiger partial charge on any atom is -0.307 e. The van der Waals surface area contributed by atoms with E-state index in [1.54, 1.807) is 12.1 Å². The maximum absolute atomic E-state index is 12.8. The van der Waals surface area contributed by atoms with Crippen LogP contribution in [0.1, 0.15) is 16.8 Å². The zero-order valence-electron chi connectivity index (χ0n) is 12.6. The summed E-state index contributed by atoms with van der Waals surface area (Å²) in [5, 5.41) is 6.54. The van der Waals surface area contributed by atoms with Crippen molar-refractivity contribution in [1.29, 1.82) is 0 Å². The third kappa shape index (κ3) is 4.32. The first-order valence-corrected chi connectivity index (χ1v) is 8.56. The monoisotopic (exact) mass is 347 g/mol. The molecule has 0 spiro atoms. The standard InChI is InChI=1S/C14H16F3N3O2S/c1-20-13(12(8-19-20)14(15,16)17)9-18-7-10-3-5-11(6-4-10)23(2,21)22/h3-6,8,18H,7,9H2,1-2H3. The Morgan fingerprint density at radius 3 is 2.30 bits per heavy atom. The molecule has 1 aromatic heterocycles. The van der Waals surface area contributed by atoms with Crippen LogP contribution >= 0.6 is 0 Å². The lowest BCUT2D eigenvalue weighted by molar-refractivity contribution is -0.138. The largest absolute Gasteiger partial charge is 0.419 e. The number of aromatic nitrogens is 2. The normalized spacial score (nSPS) is 12.6.